The Morgan fingerprint density at radius 3 is 2.71 bits per heavy atom. The number of primary amides is 1. The van der Waals surface area contributed by atoms with E-state index in [1.165, 1.54) is 23.8 Å². The van der Waals surface area contributed by atoms with Crippen LogP contribution in [0.15, 0.2) is 47.3 Å². The summed E-state index contributed by atoms with van der Waals surface area (Å²) in [7, 11) is 1.53. The molecule has 1 atom stereocenters. The van der Waals surface area contributed by atoms with Gasteiger partial charge in [0.1, 0.15) is 23.4 Å². The average molecular weight is 381 g/mol. The van der Waals surface area contributed by atoms with E-state index in [2.05, 4.69) is 4.98 Å². The van der Waals surface area contributed by atoms with Crippen LogP contribution in [-0.2, 0) is 4.79 Å². The summed E-state index contributed by atoms with van der Waals surface area (Å²) in [5.74, 6) is 0.181. The maximum atomic E-state index is 13.3. The Morgan fingerprint density at radius 2 is 2.04 bits per heavy atom. The number of amides is 1. The van der Waals surface area contributed by atoms with Gasteiger partial charge in [0.15, 0.2) is 0 Å². The van der Waals surface area contributed by atoms with Crippen LogP contribution in [0.5, 0.6) is 11.5 Å². The highest BCUT2D eigenvalue weighted by Crippen LogP contribution is 2.31. The number of aromatic hydroxyl groups is 1. The minimum absolute atomic E-state index is 0.0489. The van der Waals surface area contributed by atoms with Gasteiger partial charge in [0, 0.05) is 0 Å². The molecule has 2 aromatic carbocycles. The molecule has 3 aromatic rings. The number of aromatic nitrogens is 2. The van der Waals surface area contributed by atoms with Crippen LogP contribution in [0.2, 0.25) is 0 Å². The zero-order valence-corrected chi connectivity index (χ0v) is 15.9. The van der Waals surface area contributed by atoms with Gasteiger partial charge in [0.05, 0.1) is 23.6 Å². The lowest BCUT2D eigenvalue weighted by Gasteiger charge is -2.21. The van der Waals surface area contributed by atoms with Crippen LogP contribution in [0.4, 0.5) is 0 Å². The van der Waals surface area contributed by atoms with E-state index in [9.17, 15) is 14.7 Å². The Hall–Kier alpha value is -3.35. The van der Waals surface area contributed by atoms with Gasteiger partial charge in [-0.1, -0.05) is 31.9 Å². The van der Waals surface area contributed by atoms with E-state index < -0.39 is 17.5 Å². The largest absolute Gasteiger partial charge is 0.508 e. The molecule has 3 rings (SSSR count). The van der Waals surface area contributed by atoms with Crippen molar-refractivity contribution in [2.75, 3.05) is 7.11 Å². The highest BCUT2D eigenvalue weighted by Gasteiger charge is 2.25. The van der Waals surface area contributed by atoms with E-state index in [0.717, 1.165) is 12.8 Å². The van der Waals surface area contributed by atoms with Gasteiger partial charge in [-0.2, -0.15) is 0 Å². The molecule has 0 saturated carbocycles. The molecule has 1 amide bonds. The number of methoxy groups -OCH3 is 1. The molecule has 7 heteroatoms. The van der Waals surface area contributed by atoms with Crippen LogP contribution in [0, 0.1) is 0 Å². The third-order valence-electron chi connectivity index (χ3n) is 4.70. The Kier molecular flexibility index (Phi) is 5.63. The van der Waals surface area contributed by atoms with E-state index in [1.54, 1.807) is 24.3 Å². The Labute approximate surface area is 162 Å². The van der Waals surface area contributed by atoms with Gasteiger partial charge < -0.3 is 15.6 Å². The van der Waals surface area contributed by atoms with E-state index in [1.807, 2.05) is 13.0 Å². The number of nitrogens with two attached hydrogens (primary N) is 1. The van der Waals surface area contributed by atoms with Crippen molar-refractivity contribution in [3.8, 4) is 22.9 Å². The number of phenolic OH excluding ortho intramolecular Hbond substituents is 1. The molecule has 0 radical (unpaired) electrons. The maximum Gasteiger partial charge on any atom is 0.262 e. The summed E-state index contributed by atoms with van der Waals surface area (Å²) in [4.78, 5) is 30.2. The summed E-state index contributed by atoms with van der Waals surface area (Å²) in [5.41, 5.74) is 6.23. The fourth-order valence-corrected chi connectivity index (χ4v) is 3.29. The molecule has 0 saturated heterocycles. The molecule has 0 bridgehead atoms. The van der Waals surface area contributed by atoms with Gasteiger partial charge in [0.2, 0.25) is 5.91 Å². The lowest BCUT2D eigenvalue weighted by atomic mass is 10.1. The van der Waals surface area contributed by atoms with Crippen molar-refractivity contribution in [1.29, 1.82) is 0 Å². The quantitative estimate of drug-likeness (QED) is 0.654. The lowest BCUT2D eigenvalue weighted by molar-refractivity contribution is -0.121. The van der Waals surface area contributed by atoms with Crippen LogP contribution in [0.1, 0.15) is 32.2 Å². The smallest absolute Gasteiger partial charge is 0.262 e. The number of rotatable bonds is 7. The van der Waals surface area contributed by atoms with Crippen LogP contribution in [-0.4, -0.2) is 27.7 Å². The molecular formula is C21H23N3O4. The van der Waals surface area contributed by atoms with E-state index in [0.29, 0.717) is 29.1 Å². The molecule has 0 aliphatic carbocycles. The van der Waals surface area contributed by atoms with E-state index in [-0.39, 0.29) is 11.1 Å². The first-order valence-corrected chi connectivity index (χ1v) is 9.15. The Morgan fingerprint density at radius 1 is 1.29 bits per heavy atom. The summed E-state index contributed by atoms with van der Waals surface area (Å²) in [6, 6.07) is 10.7. The number of benzene rings is 2. The highest BCUT2D eigenvalue weighted by molar-refractivity contribution is 5.84. The fourth-order valence-electron chi connectivity index (χ4n) is 3.29. The Bertz CT molecular complexity index is 1070. The number of para-hydroxylation sites is 1. The second-order valence-corrected chi connectivity index (χ2v) is 6.57. The normalized spacial score (nSPS) is 12.1. The first-order valence-electron chi connectivity index (χ1n) is 9.15. The summed E-state index contributed by atoms with van der Waals surface area (Å²) < 4.78 is 6.77. The molecule has 0 aliphatic heterocycles. The van der Waals surface area contributed by atoms with E-state index >= 15 is 0 Å². The first-order chi connectivity index (χ1) is 13.5. The zero-order valence-electron chi connectivity index (χ0n) is 15.9. The lowest BCUT2D eigenvalue weighted by Crippen LogP contribution is -2.35. The number of hydrogen-bond acceptors (Lipinski definition) is 5. The van der Waals surface area contributed by atoms with Crippen molar-refractivity contribution in [3.05, 3.63) is 52.8 Å². The van der Waals surface area contributed by atoms with Crippen LogP contribution in [0.3, 0.4) is 0 Å². The van der Waals surface area contributed by atoms with Gasteiger partial charge in [0.25, 0.3) is 5.56 Å². The van der Waals surface area contributed by atoms with Crippen LogP contribution >= 0.6 is 0 Å². The molecule has 28 heavy (non-hydrogen) atoms. The standard InChI is InChI=1S/C21H23N3O4/c1-3-4-8-17(19(22)26)24-20(14-7-5-6-9-18(14)28-2)23-16-11-10-13(25)12-15(16)21(24)27/h5-7,9-12,17,25H,3-4,8H2,1-2H3,(H2,22,26). The summed E-state index contributed by atoms with van der Waals surface area (Å²) in [5, 5.41) is 10.0. The van der Waals surface area contributed by atoms with Gasteiger partial charge in [-0.25, -0.2) is 4.98 Å². The van der Waals surface area contributed by atoms with Crippen molar-refractivity contribution < 1.29 is 14.6 Å². The number of hydrogen-bond donors (Lipinski definition) is 2. The van der Waals surface area contributed by atoms with Gasteiger partial charge >= 0.3 is 0 Å². The highest BCUT2D eigenvalue weighted by atomic mass is 16.5. The predicted molar refractivity (Wildman–Crippen MR) is 107 cm³/mol. The van der Waals surface area contributed by atoms with E-state index in [4.69, 9.17) is 10.5 Å². The number of phenols is 1. The number of fused-ring (bicyclic) bond motifs is 1. The van der Waals surface area contributed by atoms with Gasteiger partial charge in [-0.05, 0) is 36.8 Å². The van der Waals surface area contributed by atoms with Crippen LogP contribution in [0.25, 0.3) is 22.3 Å². The average Bonchev–Trinajstić information content (AvgIpc) is 2.69. The summed E-state index contributed by atoms with van der Waals surface area (Å²) in [6.45, 7) is 2.00. The van der Waals surface area contributed by atoms with Crippen molar-refractivity contribution >= 4 is 16.8 Å². The monoisotopic (exact) mass is 381 g/mol. The summed E-state index contributed by atoms with van der Waals surface area (Å²) in [6.07, 6.45) is 1.99. The van der Waals surface area contributed by atoms with Gasteiger partial charge in [-0.3, -0.25) is 14.2 Å². The molecule has 1 unspecified atom stereocenters. The molecule has 0 fully saturated rings. The second-order valence-electron chi connectivity index (χ2n) is 6.57. The fraction of sp³-hybridized carbons (Fsp3) is 0.286. The third kappa shape index (κ3) is 3.55. The second kappa shape index (κ2) is 8.12. The minimum atomic E-state index is -0.855. The number of carbonyl (C=O) groups is 1. The van der Waals surface area contributed by atoms with Gasteiger partial charge in [-0.15, -0.1) is 0 Å². The SMILES string of the molecule is CCCCC(C(N)=O)n1c(-c2ccccc2OC)nc2ccc(O)cc2c1=O. The predicted octanol–water partition coefficient (Wildman–Crippen LogP) is 2.99. The summed E-state index contributed by atoms with van der Waals surface area (Å²) >= 11 is 0. The van der Waals surface area contributed by atoms with Crippen molar-refractivity contribution in [1.82, 2.24) is 9.55 Å². The first kappa shape index (κ1) is 19.4. The molecule has 7 nitrogen and oxygen atoms in total. The molecule has 3 N–H and O–H groups in total. The topological polar surface area (TPSA) is 107 Å². The van der Waals surface area contributed by atoms with Crippen molar-refractivity contribution in [2.24, 2.45) is 5.73 Å². The molecule has 1 heterocycles. The van der Waals surface area contributed by atoms with Crippen LogP contribution < -0.4 is 16.0 Å². The van der Waals surface area contributed by atoms with Crippen molar-refractivity contribution in [3.63, 3.8) is 0 Å². The molecule has 0 spiro atoms. The number of carbonyl (C=O) groups excluding carboxylic acids is 1. The Balaban J connectivity index is 2.39. The minimum Gasteiger partial charge on any atom is -0.508 e. The number of nitrogens with zero attached hydrogens (tertiary/aromatic N) is 2. The maximum absolute atomic E-state index is 13.3. The number of ether oxygens (including phenoxy) is 1. The van der Waals surface area contributed by atoms with Crippen molar-refractivity contribution in [2.45, 2.75) is 32.2 Å². The molecule has 1 aromatic heterocycles. The zero-order chi connectivity index (χ0) is 20.3. The number of unbranched alkanes of at least 4 members (excludes halogenated alkanes) is 1. The molecule has 146 valence electrons. The molecule has 0 aliphatic rings. The molecular weight excluding hydrogens is 358 g/mol. The third-order valence-corrected chi connectivity index (χ3v) is 4.70.